The third-order valence-corrected chi connectivity index (χ3v) is 5.62. The molecule has 0 saturated heterocycles. The van der Waals surface area contributed by atoms with Gasteiger partial charge in [-0.2, -0.15) is 0 Å². The van der Waals surface area contributed by atoms with E-state index >= 15 is 0 Å². The number of aromatic hydroxyl groups is 1. The average Bonchev–Trinajstić information content (AvgIpc) is 2.86. The number of hydrogen-bond donors (Lipinski definition) is 1. The highest BCUT2D eigenvalue weighted by Gasteiger charge is 2.18. The van der Waals surface area contributed by atoms with E-state index in [-0.39, 0.29) is 5.75 Å². The number of allylic oxidation sites excluding steroid dienone is 4. The fourth-order valence-electron chi connectivity index (χ4n) is 4.29. The molecular formula is C32H30O. The molecule has 0 aliphatic carbocycles. The van der Waals surface area contributed by atoms with Gasteiger partial charge in [-0.15, -0.1) is 0 Å². The molecule has 4 rings (SSSR count). The van der Waals surface area contributed by atoms with Crippen molar-refractivity contribution >= 4 is 39.3 Å². The van der Waals surface area contributed by atoms with Crippen LogP contribution in [0.1, 0.15) is 30.5 Å². The van der Waals surface area contributed by atoms with E-state index in [4.69, 9.17) is 0 Å². The number of phenolic OH excluding ortho intramolecular Hbond substituents is 1. The Kier molecular flexibility index (Phi) is 7.48. The highest BCUT2D eigenvalue weighted by Crippen LogP contribution is 2.42. The van der Waals surface area contributed by atoms with Crippen LogP contribution in [0.2, 0.25) is 0 Å². The summed E-state index contributed by atoms with van der Waals surface area (Å²) >= 11 is 0. The van der Waals surface area contributed by atoms with Gasteiger partial charge in [-0.3, -0.25) is 0 Å². The van der Waals surface area contributed by atoms with E-state index < -0.39 is 0 Å². The summed E-state index contributed by atoms with van der Waals surface area (Å²) in [6.45, 7) is 20.1. The molecule has 0 spiro atoms. The summed E-state index contributed by atoms with van der Waals surface area (Å²) in [7, 11) is 0. The van der Waals surface area contributed by atoms with E-state index in [0.29, 0.717) is 0 Å². The largest absolute Gasteiger partial charge is 0.508 e. The second kappa shape index (κ2) is 10.5. The summed E-state index contributed by atoms with van der Waals surface area (Å²) in [5.41, 5.74) is 6.31. The minimum Gasteiger partial charge on any atom is -0.508 e. The number of rotatable bonds is 6. The Hall–Kier alpha value is -4.10. The van der Waals surface area contributed by atoms with Crippen LogP contribution < -0.4 is 0 Å². The molecule has 0 saturated carbocycles. The van der Waals surface area contributed by atoms with Gasteiger partial charge in [0.1, 0.15) is 5.75 Å². The number of phenols is 1. The minimum atomic E-state index is 0.265. The Morgan fingerprint density at radius 3 is 2.03 bits per heavy atom. The first-order chi connectivity index (χ1) is 16.1. The van der Waals surface area contributed by atoms with Gasteiger partial charge in [0.2, 0.25) is 0 Å². The predicted octanol–water partition coefficient (Wildman–Crippen LogP) is 9.43. The predicted molar refractivity (Wildman–Crippen MR) is 148 cm³/mol. The maximum absolute atomic E-state index is 9.81. The van der Waals surface area contributed by atoms with E-state index in [0.717, 1.165) is 54.9 Å². The zero-order chi connectivity index (χ0) is 24.0. The Bertz CT molecular complexity index is 1400. The first-order valence-electron chi connectivity index (χ1n) is 11.1. The van der Waals surface area contributed by atoms with Crippen LogP contribution in [-0.4, -0.2) is 5.11 Å². The van der Waals surface area contributed by atoms with Crippen LogP contribution in [0.3, 0.4) is 0 Å². The molecule has 4 aromatic carbocycles. The van der Waals surface area contributed by atoms with Crippen molar-refractivity contribution in [2.45, 2.75) is 13.8 Å². The molecule has 164 valence electrons. The molecule has 1 heteroatoms. The van der Waals surface area contributed by atoms with Crippen molar-refractivity contribution in [3.05, 3.63) is 122 Å². The summed E-state index contributed by atoms with van der Waals surface area (Å²) in [4.78, 5) is 0. The van der Waals surface area contributed by atoms with Gasteiger partial charge >= 0.3 is 0 Å². The Balaban J connectivity index is 0.00000149. The molecule has 0 heterocycles. The van der Waals surface area contributed by atoms with Crippen molar-refractivity contribution in [2.75, 3.05) is 0 Å². The highest BCUT2D eigenvalue weighted by molar-refractivity contribution is 6.10. The number of benzene rings is 4. The van der Waals surface area contributed by atoms with Crippen molar-refractivity contribution in [3.8, 4) is 16.9 Å². The molecular weight excluding hydrogens is 400 g/mol. The average molecular weight is 431 g/mol. The normalized spacial score (nSPS) is 10.9. The lowest BCUT2D eigenvalue weighted by molar-refractivity contribution is 0.476. The van der Waals surface area contributed by atoms with Gasteiger partial charge < -0.3 is 5.11 Å². The molecule has 1 N–H and O–H groups in total. The van der Waals surface area contributed by atoms with Gasteiger partial charge in [0.15, 0.2) is 0 Å². The minimum absolute atomic E-state index is 0.265. The molecule has 33 heavy (non-hydrogen) atoms. The third-order valence-electron chi connectivity index (χ3n) is 5.62. The lowest BCUT2D eigenvalue weighted by Gasteiger charge is -2.20. The van der Waals surface area contributed by atoms with Gasteiger partial charge in [0.25, 0.3) is 0 Å². The topological polar surface area (TPSA) is 20.2 Å². The molecule has 0 bridgehead atoms. The van der Waals surface area contributed by atoms with Crippen molar-refractivity contribution < 1.29 is 5.11 Å². The summed E-state index contributed by atoms with van der Waals surface area (Å²) in [5, 5.41) is 14.1. The summed E-state index contributed by atoms with van der Waals surface area (Å²) in [5.74, 6) is 0.265. The van der Waals surface area contributed by atoms with Crippen LogP contribution in [0.4, 0.5) is 0 Å². The lowest BCUT2D eigenvalue weighted by Crippen LogP contribution is -1.98. The van der Waals surface area contributed by atoms with Gasteiger partial charge in [-0.1, -0.05) is 113 Å². The van der Waals surface area contributed by atoms with Crippen molar-refractivity contribution in [1.29, 1.82) is 0 Å². The Morgan fingerprint density at radius 2 is 1.39 bits per heavy atom. The standard InChI is InChI=1S/C30H24O.C2H6/c1-5-11-20(6-2)29-25(7-3)26(8-4)30(28-13-10-9-12-27(28)29)23-15-14-22-19-24(31)17-16-21(22)18-23;1-2/h5-19,31H,1-4H2;1-2H3/b20-11+;. The SMILES string of the molecule is C=C/C=C(\C=C)c1c(C=C)c(C=C)c(-c2ccc3cc(O)ccc3c2)c2ccccc12.CC. The monoisotopic (exact) mass is 430 g/mol. The fourth-order valence-corrected chi connectivity index (χ4v) is 4.29. The maximum Gasteiger partial charge on any atom is 0.116 e. The smallest absolute Gasteiger partial charge is 0.116 e. The Morgan fingerprint density at radius 1 is 0.758 bits per heavy atom. The Labute approximate surface area is 197 Å². The molecule has 0 amide bonds. The summed E-state index contributed by atoms with van der Waals surface area (Å²) in [6, 6.07) is 20.1. The number of hydrogen-bond acceptors (Lipinski definition) is 1. The van der Waals surface area contributed by atoms with E-state index in [9.17, 15) is 5.11 Å². The lowest BCUT2D eigenvalue weighted by atomic mass is 9.83. The molecule has 0 aliphatic rings. The number of fused-ring (bicyclic) bond motifs is 2. The highest BCUT2D eigenvalue weighted by atomic mass is 16.3. The van der Waals surface area contributed by atoms with Gasteiger partial charge in [-0.25, -0.2) is 0 Å². The van der Waals surface area contributed by atoms with Crippen LogP contribution in [0.25, 0.3) is 50.4 Å². The van der Waals surface area contributed by atoms with Crippen LogP contribution >= 0.6 is 0 Å². The molecule has 0 aromatic heterocycles. The summed E-state index contributed by atoms with van der Waals surface area (Å²) in [6.07, 6.45) is 9.39. The third kappa shape index (κ3) is 4.31. The molecule has 0 radical (unpaired) electrons. The van der Waals surface area contributed by atoms with Crippen LogP contribution in [-0.2, 0) is 0 Å². The molecule has 0 unspecified atom stereocenters. The van der Waals surface area contributed by atoms with Crippen molar-refractivity contribution in [2.24, 2.45) is 0 Å². The molecule has 0 fully saturated rings. The summed E-state index contributed by atoms with van der Waals surface area (Å²) < 4.78 is 0. The molecule has 0 atom stereocenters. The van der Waals surface area contributed by atoms with Gasteiger partial charge in [-0.05, 0) is 73.1 Å². The zero-order valence-corrected chi connectivity index (χ0v) is 19.4. The maximum atomic E-state index is 9.81. The van der Waals surface area contributed by atoms with Crippen LogP contribution in [0.15, 0.2) is 105 Å². The van der Waals surface area contributed by atoms with Crippen LogP contribution in [0, 0.1) is 0 Å². The van der Waals surface area contributed by atoms with E-state index in [2.05, 4.69) is 56.6 Å². The first kappa shape index (κ1) is 23.6. The van der Waals surface area contributed by atoms with Crippen molar-refractivity contribution in [3.63, 3.8) is 0 Å². The fraction of sp³-hybridized carbons (Fsp3) is 0.0625. The van der Waals surface area contributed by atoms with Gasteiger partial charge in [0.05, 0.1) is 0 Å². The second-order valence-corrected chi connectivity index (χ2v) is 7.34. The zero-order valence-electron chi connectivity index (χ0n) is 19.4. The quantitative estimate of drug-likeness (QED) is 0.302. The van der Waals surface area contributed by atoms with E-state index in [1.54, 1.807) is 18.2 Å². The second-order valence-electron chi connectivity index (χ2n) is 7.34. The van der Waals surface area contributed by atoms with E-state index in [1.165, 1.54) is 0 Å². The van der Waals surface area contributed by atoms with Gasteiger partial charge in [0, 0.05) is 0 Å². The van der Waals surface area contributed by atoms with E-state index in [1.807, 2.05) is 56.4 Å². The van der Waals surface area contributed by atoms with Crippen LogP contribution in [0.5, 0.6) is 5.75 Å². The molecule has 4 aromatic rings. The van der Waals surface area contributed by atoms with Crippen molar-refractivity contribution in [1.82, 2.24) is 0 Å². The molecule has 1 nitrogen and oxygen atoms in total. The molecule has 0 aliphatic heterocycles. The first-order valence-corrected chi connectivity index (χ1v) is 11.1.